The van der Waals surface area contributed by atoms with Crippen molar-refractivity contribution in [2.24, 2.45) is 0 Å². The number of alkyl halides is 9. The quantitative estimate of drug-likeness (QED) is 0.513. The van der Waals surface area contributed by atoms with Gasteiger partial charge in [0.2, 0.25) is 0 Å². The van der Waals surface area contributed by atoms with E-state index in [1.807, 2.05) is 5.32 Å². The van der Waals surface area contributed by atoms with Gasteiger partial charge in [-0.25, -0.2) is 4.79 Å². The summed E-state index contributed by atoms with van der Waals surface area (Å²) in [6, 6.07) is 1.87. The lowest BCUT2D eigenvalue weighted by Crippen LogP contribution is -2.32. The summed E-state index contributed by atoms with van der Waals surface area (Å²) in [5, 5.41) is 2.03. The van der Waals surface area contributed by atoms with Crippen LogP contribution in [0.4, 0.5) is 55.7 Å². The lowest BCUT2D eigenvalue weighted by Gasteiger charge is -2.22. The topological polar surface area (TPSA) is 32.3 Å². The molecular formula is C18H13F9N2O. The molecule has 164 valence electrons. The van der Waals surface area contributed by atoms with Crippen molar-refractivity contribution in [3.8, 4) is 0 Å². The maximum Gasteiger partial charge on any atom is 0.416 e. The van der Waals surface area contributed by atoms with E-state index in [1.165, 1.54) is 6.92 Å². The molecule has 2 amide bonds. The van der Waals surface area contributed by atoms with Crippen LogP contribution in [0.1, 0.15) is 22.3 Å². The number of aryl methyl sites for hydroxylation is 1. The molecule has 0 fully saturated rings. The van der Waals surface area contributed by atoms with E-state index in [0.29, 0.717) is 23.1 Å². The Hall–Kier alpha value is -2.92. The van der Waals surface area contributed by atoms with Crippen molar-refractivity contribution in [3.63, 3.8) is 0 Å². The fourth-order valence-corrected chi connectivity index (χ4v) is 2.48. The van der Waals surface area contributed by atoms with Crippen LogP contribution in [0.3, 0.4) is 0 Å². The lowest BCUT2D eigenvalue weighted by atomic mass is 10.1. The van der Waals surface area contributed by atoms with Gasteiger partial charge >= 0.3 is 24.6 Å². The van der Waals surface area contributed by atoms with Crippen molar-refractivity contribution < 1.29 is 44.3 Å². The maximum atomic E-state index is 13.0. The highest BCUT2D eigenvalue weighted by atomic mass is 19.4. The first-order valence-electron chi connectivity index (χ1n) is 8.01. The highest BCUT2D eigenvalue weighted by Crippen LogP contribution is 2.38. The minimum absolute atomic E-state index is 0.106. The first kappa shape index (κ1) is 23.4. The summed E-state index contributed by atoms with van der Waals surface area (Å²) in [4.78, 5) is 12.7. The SMILES string of the molecule is Cc1cc(NC(=O)N(C)c2cc(C(F)(F)F)cc(C(F)(F)F)c2)cc(C(F)(F)F)c1. The largest absolute Gasteiger partial charge is 0.416 e. The third kappa shape index (κ3) is 5.57. The number of amides is 2. The Balaban J connectivity index is 2.40. The van der Waals surface area contributed by atoms with Crippen molar-refractivity contribution >= 4 is 17.4 Å². The molecule has 30 heavy (non-hydrogen) atoms. The molecule has 0 aliphatic carbocycles. The average Bonchev–Trinajstić information content (AvgIpc) is 2.57. The van der Waals surface area contributed by atoms with E-state index in [0.717, 1.165) is 19.2 Å². The first-order valence-corrected chi connectivity index (χ1v) is 8.01. The average molecular weight is 444 g/mol. The number of carbonyl (C=O) groups excluding carboxylic acids is 1. The van der Waals surface area contributed by atoms with Gasteiger partial charge in [-0.2, -0.15) is 39.5 Å². The number of halogens is 9. The third-order valence-corrected chi connectivity index (χ3v) is 3.92. The summed E-state index contributed by atoms with van der Waals surface area (Å²) < 4.78 is 116. The summed E-state index contributed by atoms with van der Waals surface area (Å²) in [7, 11) is 0.880. The molecule has 0 atom stereocenters. The van der Waals surface area contributed by atoms with E-state index in [4.69, 9.17) is 0 Å². The molecule has 0 aliphatic rings. The molecule has 12 heteroatoms. The van der Waals surface area contributed by atoms with Crippen LogP contribution in [-0.2, 0) is 18.5 Å². The van der Waals surface area contributed by atoms with Gasteiger partial charge in [0.25, 0.3) is 0 Å². The minimum atomic E-state index is -5.12. The van der Waals surface area contributed by atoms with E-state index in [-0.39, 0.29) is 17.3 Å². The Morgan fingerprint density at radius 2 is 1.17 bits per heavy atom. The molecule has 0 aromatic heterocycles. The van der Waals surface area contributed by atoms with Crippen LogP contribution < -0.4 is 10.2 Å². The Morgan fingerprint density at radius 1 is 0.733 bits per heavy atom. The molecule has 0 bridgehead atoms. The number of nitrogens with one attached hydrogen (secondary N) is 1. The normalized spacial score (nSPS) is 12.6. The molecule has 3 nitrogen and oxygen atoms in total. The van der Waals surface area contributed by atoms with E-state index >= 15 is 0 Å². The molecule has 2 aromatic rings. The second-order valence-electron chi connectivity index (χ2n) is 6.34. The van der Waals surface area contributed by atoms with Crippen LogP contribution in [0.15, 0.2) is 36.4 Å². The molecule has 1 N–H and O–H groups in total. The second-order valence-corrected chi connectivity index (χ2v) is 6.34. The van der Waals surface area contributed by atoms with Crippen molar-refractivity contribution in [2.75, 3.05) is 17.3 Å². The zero-order chi connectivity index (χ0) is 23.1. The number of benzene rings is 2. The zero-order valence-electron chi connectivity index (χ0n) is 15.2. The fraction of sp³-hybridized carbons (Fsp3) is 0.278. The summed E-state index contributed by atoms with van der Waals surface area (Å²) in [6.07, 6.45) is -15.0. The van der Waals surface area contributed by atoms with Crippen LogP contribution in [0.2, 0.25) is 0 Å². The Morgan fingerprint density at radius 3 is 1.60 bits per heavy atom. The predicted molar refractivity (Wildman–Crippen MR) is 90.0 cm³/mol. The number of anilines is 2. The molecule has 0 saturated carbocycles. The molecular weight excluding hydrogens is 431 g/mol. The van der Waals surface area contributed by atoms with Crippen LogP contribution >= 0.6 is 0 Å². The standard InChI is InChI=1S/C18H13F9N2O/c1-9-3-10(16(19,20)21)6-13(4-9)28-15(30)29(2)14-7-11(17(22,23)24)5-12(8-14)18(25,26)27/h3-8H,1-2H3,(H,28,30). The highest BCUT2D eigenvalue weighted by molar-refractivity contribution is 6.01. The van der Waals surface area contributed by atoms with E-state index in [1.54, 1.807) is 0 Å². The smallest absolute Gasteiger partial charge is 0.308 e. The molecule has 0 aliphatic heterocycles. The number of carbonyl (C=O) groups is 1. The molecule has 0 saturated heterocycles. The molecule has 2 aromatic carbocycles. The Bertz CT molecular complexity index is 914. The van der Waals surface area contributed by atoms with Gasteiger partial charge in [-0.1, -0.05) is 0 Å². The lowest BCUT2D eigenvalue weighted by molar-refractivity contribution is -0.143. The molecule has 0 radical (unpaired) electrons. The second kappa shape index (κ2) is 7.73. The molecule has 0 heterocycles. The van der Waals surface area contributed by atoms with Crippen molar-refractivity contribution in [1.29, 1.82) is 0 Å². The van der Waals surface area contributed by atoms with Gasteiger partial charge in [0, 0.05) is 18.4 Å². The van der Waals surface area contributed by atoms with Gasteiger partial charge in [0.05, 0.1) is 16.7 Å². The minimum Gasteiger partial charge on any atom is -0.308 e. The van der Waals surface area contributed by atoms with Gasteiger partial charge in [-0.15, -0.1) is 0 Å². The van der Waals surface area contributed by atoms with Crippen LogP contribution in [-0.4, -0.2) is 13.1 Å². The van der Waals surface area contributed by atoms with Gasteiger partial charge in [-0.3, -0.25) is 4.90 Å². The number of urea groups is 1. The number of hydrogen-bond acceptors (Lipinski definition) is 1. The summed E-state index contributed by atoms with van der Waals surface area (Å²) in [5.41, 5.74) is -5.32. The van der Waals surface area contributed by atoms with Gasteiger partial charge in [0.1, 0.15) is 0 Å². The van der Waals surface area contributed by atoms with Gasteiger partial charge < -0.3 is 5.32 Å². The number of rotatable bonds is 2. The molecule has 2 rings (SSSR count). The zero-order valence-corrected chi connectivity index (χ0v) is 15.2. The van der Waals surface area contributed by atoms with Crippen molar-refractivity contribution in [2.45, 2.75) is 25.5 Å². The van der Waals surface area contributed by atoms with Crippen LogP contribution in [0.5, 0.6) is 0 Å². The fourth-order valence-electron chi connectivity index (χ4n) is 2.48. The van der Waals surface area contributed by atoms with Gasteiger partial charge in [0.15, 0.2) is 0 Å². The van der Waals surface area contributed by atoms with Crippen molar-refractivity contribution in [3.05, 3.63) is 58.7 Å². The number of nitrogens with zero attached hydrogens (tertiary/aromatic N) is 1. The predicted octanol–water partition coefficient (Wildman–Crippen LogP) is 6.72. The first-order chi connectivity index (χ1) is 13.5. The maximum absolute atomic E-state index is 13.0. The Labute approximate surface area is 164 Å². The van der Waals surface area contributed by atoms with Crippen LogP contribution in [0.25, 0.3) is 0 Å². The van der Waals surface area contributed by atoms with Crippen molar-refractivity contribution in [1.82, 2.24) is 0 Å². The summed E-state index contributed by atoms with van der Waals surface area (Å²) in [5.74, 6) is 0. The highest BCUT2D eigenvalue weighted by Gasteiger charge is 2.37. The van der Waals surface area contributed by atoms with Gasteiger partial charge in [-0.05, 0) is 48.9 Å². The molecule has 0 spiro atoms. The summed E-state index contributed by atoms with van der Waals surface area (Å²) in [6.45, 7) is 1.32. The summed E-state index contributed by atoms with van der Waals surface area (Å²) >= 11 is 0. The van der Waals surface area contributed by atoms with E-state index in [2.05, 4.69) is 0 Å². The third-order valence-electron chi connectivity index (χ3n) is 3.92. The van der Waals surface area contributed by atoms with E-state index in [9.17, 15) is 44.3 Å². The van der Waals surface area contributed by atoms with E-state index < -0.39 is 46.9 Å². The monoisotopic (exact) mass is 444 g/mol. The molecule has 0 unspecified atom stereocenters. The number of hydrogen-bond donors (Lipinski definition) is 1. The Kier molecular flexibility index (Phi) is 6.02. The van der Waals surface area contributed by atoms with Crippen LogP contribution in [0, 0.1) is 6.92 Å².